The van der Waals surface area contributed by atoms with E-state index >= 15 is 0 Å². The van der Waals surface area contributed by atoms with Crippen LogP contribution in [0, 0.1) is 5.92 Å². The summed E-state index contributed by atoms with van der Waals surface area (Å²) in [6.45, 7) is 9.67. The van der Waals surface area contributed by atoms with Crippen LogP contribution in [0.5, 0.6) is 0 Å². The average molecular weight is 138 g/mol. The second-order valence-electron chi connectivity index (χ2n) is 2.84. The molecule has 0 nitrogen and oxygen atoms in total. The smallest absolute Gasteiger partial charge is 0.0351 e. The van der Waals surface area contributed by atoms with Crippen LogP contribution >= 0.6 is 0 Å². The third kappa shape index (κ3) is 5.61. The van der Waals surface area contributed by atoms with Crippen molar-refractivity contribution in [3.05, 3.63) is 25.3 Å². The van der Waals surface area contributed by atoms with Crippen LogP contribution in [0.2, 0.25) is 0 Å². The van der Waals surface area contributed by atoms with Crippen LogP contribution in [0.3, 0.4) is 0 Å². The molecule has 0 saturated carbocycles. The van der Waals surface area contributed by atoms with Gasteiger partial charge in [-0.1, -0.05) is 19.1 Å². The van der Waals surface area contributed by atoms with Crippen molar-refractivity contribution in [2.24, 2.45) is 5.92 Å². The summed E-state index contributed by atoms with van der Waals surface area (Å²) in [4.78, 5) is 0. The Bertz CT molecular complexity index is 80.2. The summed E-state index contributed by atoms with van der Waals surface area (Å²) in [5, 5.41) is 0. The number of hydrogen-bond acceptors (Lipinski definition) is 0. The summed E-state index contributed by atoms with van der Waals surface area (Å²) in [5.74, 6) is 0.830. The molecule has 0 aromatic rings. The Morgan fingerprint density at radius 2 is 1.50 bits per heavy atom. The Balaban J connectivity index is 3.15. The third-order valence-corrected chi connectivity index (χ3v) is 1.73. The minimum Gasteiger partial charge on any atom is -0.103 e. The highest BCUT2D eigenvalue weighted by molar-refractivity contribution is 4.71. The normalized spacial score (nSPS) is 9.80. The zero-order chi connectivity index (χ0) is 7.82. The molecule has 0 unspecified atom stereocenters. The molecule has 0 aliphatic heterocycles. The molecule has 0 aromatic heterocycles. The van der Waals surface area contributed by atoms with E-state index in [-0.39, 0.29) is 0 Å². The van der Waals surface area contributed by atoms with Gasteiger partial charge in [-0.2, -0.15) is 0 Å². The van der Waals surface area contributed by atoms with Crippen LogP contribution in [0.4, 0.5) is 0 Å². The maximum Gasteiger partial charge on any atom is -0.0351 e. The molecule has 0 bridgehead atoms. The lowest BCUT2D eigenvalue weighted by atomic mass is 10.00. The molecule has 0 N–H and O–H groups in total. The van der Waals surface area contributed by atoms with E-state index in [1.54, 1.807) is 0 Å². The fraction of sp³-hybridized carbons (Fsp3) is 0.600. The van der Waals surface area contributed by atoms with Crippen LogP contribution < -0.4 is 0 Å². The van der Waals surface area contributed by atoms with Crippen LogP contribution in [-0.4, -0.2) is 0 Å². The topological polar surface area (TPSA) is 0 Å². The van der Waals surface area contributed by atoms with Gasteiger partial charge in [-0.3, -0.25) is 0 Å². The van der Waals surface area contributed by atoms with E-state index in [1.165, 1.54) is 12.8 Å². The monoisotopic (exact) mass is 138 g/mol. The van der Waals surface area contributed by atoms with Gasteiger partial charge >= 0.3 is 0 Å². The average Bonchev–Trinajstić information content (AvgIpc) is 1.97. The zero-order valence-corrected chi connectivity index (χ0v) is 6.97. The standard InChI is InChI=1S/C10H18/c1-4-6-8-10(3)9-7-5-2/h4-5,10H,1-2,6-9H2,3H3. The van der Waals surface area contributed by atoms with Crippen molar-refractivity contribution < 1.29 is 0 Å². The first-order valence-corrected chi connectivity index (χ1v) is 4.03. The highest BCUT2D eigenvalue weighted by Crippen LogP contribution is 2.12. The minimum absolute atomic E-state index is 0.830. The lowest BCUT2D eigenvalue weighted by molar-refractivity contribution is 0.502. The SMILES string of the molecule is C=CCCC(C)CCC=C. The van der Waals surface area contributed by atoms with Gasteiger partial charge in [-0.15, -0.1) is 13.2 Å². The highest BCUT2D eigenvalue weighted by atomic mass is 14.0. The fourth-order valence-electron chi connectivity index (χ4n) is 0.949. The predicted octanol–water partition coefficient (Wildman–Crippen LogP) is 3.55. The fourth-order valence-corrected chi connectivity index (χ4v) is 0.949. The van der Waals surface area contributed by atoms with Crippen molar-refractivity contribution in [3.8, 4) is 0 Å². The zero-order valence-electron chi connectivity index (χ0n) is 6.97. The maximum atomic E-state index is 3.69. The quantitative estimate of drug-likeness (QED) is 0.492. The number of hydrogen-bond donors (Lipinski definition) is 0. The second kappa shape index (κ2) is 6.60. The molecule has 0 heteroatoms. The van der Waals surface area contributed by atoms with Crippen molar-refractivity contribution in [1.29, 1.82) is 0 Å². The first-order valence-electron chi connectivity index (χ1n) is 4.03. The Morgan fingerprint density at radius 1 is 1.10 bits per heavy atom. The summed E-state index contributed by atoms with van der Waals surface area (Å²) in [6, 6.07) is 0. The Morgan fingerprint density at radius 3 is 1.80 bits per heavy atom. The van der Waals surface area contributed by atoms with Crippen LogP contribution in [0.1, 0.15) is 32.6 Å². The Kier molecular flexibility index (Phi) is 6.25. The van der Waals surface area contributed by atoms with Crippen molar-refractivity contribution in [1.82, 2.24) is 0 Å². The molecule has 0 saturated heterocycles. The molecule has 58 valence electrons. The summed E-state index contributed by atoms with van der Waals surface area (Å²) in [6.07, 6.45) is 8.83. The van der Waals surface area contributed by atoms with E-state index in [0.717, 1.165) is 18.8 Å². The molecular weight excluding hydrogens is 120 g/mol. The molecule has 0 fully saturated rings. The number of rotatable bonds is 6. The summed E-state index contributed by atoms with van der Waals surface area (Å²) >= 11 is 0. The van der Waals surface area contributed by atoms with Crippen molar-refractivity contribution in [2.45, 2.75) is 32.6 Å². The molecule has 0 atom stereocenters. The molecule has 0 aliphatic carbocycles. The second-order valence-corrected chi connectivity index (χ2v) is 2.84. The molecule has 0 aromatic carbocycles. The molecule has 0 rings (SSSR count). The predicted molar refractivity (Wildman–Crippen MR) is 48.0 cm³/mol. The van der Waals surface area contributed by atoms with E-state index in [0.29, 0.717) is 0 Å². The highest BCUT2D eigenvalue weighted by Gasteiger charge is 1.97. The minimum atomic E-state index is 0.830. The molecular formula is C10H18. The van der Waals surface area contributed by atoms with Crippen LogP contribution in [-0.2, 0) is 0 Å². The summed E-state index contributed by atoms with van der Waals surface area (Å²) in [5.41, 5.74) is 0. The van der Waals surface area contributed by atoms with Crippen LogP contribution in [0.25, 0.3) is 0 Å². The lowest BCUT2D eigenvalue weighted by Crippen LogP contribution is -1.91. The molecule has 10 heavy (non-hydrogen) atoms. The summed E-state index contributed by atoms with van der Waals surface area (Å²) in [7, 11) is 0. The van der Waals surface area contributed by atoms with Gasteiger partial charge in [-0.05, 0) is 31.6 Å². The first-order chi connectivity index (χ1) is 4.81. The van der Waals surface area contributed by atoms with Crippen molar-refractivity contribution in [3.63, 3.8) is 0 Å². The van der Waals surface area contributed by atoms with Crippen molar-refractivity contribution >= 4 is 0 Å². The van der Waals surface area contributed by atoms with Gasteiger partial charge in [0.2, 0.25) is 0 Å². The van der Waals surface area contributed by atoms with Gasteiger partial charge in [0.05, 0.1) is 0 Å². The lowest BCUT2D eigenvalue weighted by Gasteiger charge is -2.06. The first kappa shape index (κ1) is 9.48. The summed E-state index contributed by atoms with van der Waals surface area (Å²) < 4.78 is 0. The van der Waals surface area contributed by atoms with E-state index in [1.807, 2.05) is 12.2 Å². The van der Waals surface area contributed by atoms with Gasteiger partial charge in [-0.25, -0.2) is 0 Å². The maximum absolute atomic E-state index is 3.69. The molecule has 0 amide bonds. The van der Waals surface area contributed by atoms with E-state index < -0.39 is 0 Å². The van der Waals surface area contributed by atoms with E-state index in [9.17, 15) is 0 Å². The van der Waals surface area contributed by atoms with Crippen molar-refractivity contribution in [2.75, 3.05) is 0 Å². The molecule has 0 spiro atoms. The molecule has 0 heterocycles. The van der Waals surface area contributed by atoms with Gasteiger partial charge in [0.25, 0.3) is 0 Å². The van der Waals surface area contributed by atoms with Gasteiger partial charge in [0, 0.05) is 0 Å². The van der Waals surface area contributed by atoms with Crippen LogP contribution in [0.15, 0.2) is 25.3 Å². The Hall–Kier alpha value is -0.520. The Labute approximate surface area is 64.6 Å². The van der Waals surface area contributed by atoms with Gasteiger partial charge < -0.3 is 0 Å². The van der Waals surface area contributed by atoms with Gasteiger partial charge in [0.1, 0.15) is 0 Å². The van der Waals surface area contributed by atoms with Gasteiger partial charge in [0.15, 0.2) is 0 Å². The molecule has 0 radical (unpaired) electrons. The molecule has 0 aliphatic rings. The third-order valence-electron chi connectivity index (χ3n) is 1.73. The van der Waals surface area contributed by atoms with E-state index in [2.05, 4.69) is 20.1 Å². The number of allylic oxidation sites excluding steroid dienone is 2. The van der Waals surface area contributed by atoms with E-state index in [4.69, 9.17) is 0 Å². The largest absolute Gasteiger partial charge is 0.103 e.